The van der Waals surface area contributed by atoms with Gasteiger partial charge in [-0.2, -0.15) is 0 Å². The summed E-state index contributed by atoms with van der Waals surface area (Å²) >= 11 is 0. The van der Waals surface area contributed by atoms with E-state index in [1.807, 2.05) is 47.2 Å². The first-order chi connectivity index (χ1) is 13.6. The summed E-state index contributed by atoms with van der Waals surface area (Å²) in [5, 5.41) is 0. The number of likely N-dealkylation sites (tertiary alicyclic amines) is 1. The van der Waals surface area contributed by atoms with Crippen molar-refractivity contribution in [1.82, 2.24) is 9.80 Å². The van der Waals surface area contributed by atoms with Gasteiger partial charge in [-0.25, -0.2) is 0 Å². The Balaban J connectivity index is 1.40. The predicted molar refractivity (Wildman–Crippen MR) is 110 cm³/mol. The molecule has 0 bridgehead atoms. The number of benzene rings is 2. The van der Waals surface area contributed by atoms with Gasteiger partial charge in [0.15, 0.2) is 0 Å². The quantitative estimate of drug-likeness (QED) is 0.818. The molecule has 2 aromatic carbocycles. The van der Waals surface area contributed by atoms with Crippen molar-refractivity contribution in [2.45, 2.75) is 38.1 Å². The molecular weight excluding hydrogens is 348 g/mol. The zero-order chi connectivity index (χ0) is 19.5. The van der Waals surface area contributed by atoms with Gasteiger partial charge in [-0.05, 0) is 42.4 Å². The van der Waals surface area contributed by atoms with E-state index in [1.165, 1.54) is 11.1 Å². The van der Waals surface area contributed by atoms with Gasteiger partial charge in [0.2, 0.25) is 11.8 Å². The number of aryl methyl sites for hydroxylation is 1. The van der Waals surface area contributed by atoms with E-state index in [1.54, 1.807) is 0 Å². The number of hydrogen-bond acceptors (Lipinski definition) is 2. The van der Waals surface area contributed by atoms with Crippen LogP contribution in [0.1, 0.15) is 42.0 Å². The summed E-state index contributed by atoms with van der Waals surface area (Å²) in [7, 11) is 1.93. The van der Waals surface area contributed by atoms with Crippen LogP contribution in [0, 0.1) is 5.92 Å². The van der Waals surface area contributed by atoms with Crippen LogP contribution in [-0.4, -0.2) is 41.8 Å². The first-order valence-corrected chi connectivity index (χ1v) is 10.3. The SMILES string of the molecule is CN(C(=O)C1CCCN(C(=O)Cc2ccccc2)C1)C1CCc2ccccc21. The van der Waals surface area contributed by atoms with E-state index in [2.05, 4.69) is 24.3 Å². The molecule has 1 heterocycles. The molecule has 2 amide bonds. The van der Waals surface area contributed by atoms with Crippen molar-refractivity contribution in [3.8, 4) is 0 Å². The maximum Gasteiger partial charge on any atom is 0.227 e. The number of nitrogens with zero attached hydrogens (tertiary/aromatic N) is 2. The van der Waals surface area contributed by atoms with Crippen molar-refractivity contribution in [3.05, 3.63) is 71.3 Å². The Labute approximate surface area is 167 Å². The first kappa shape index (κ1) is 18.7. The molecule has 1 saturated heterocycles. The van der Waals surface area contributed by atoms with E-state index < -0.39 is 0 Å². The van der Waals surface area contributed by atoms with Gasteiger partial charge in [0, 0.05) is 20.1 Å². The molecule has 0 spiro atoms. The maximum atomic E-state index is 13.2. The highest BCUT2D eigenvalue weighted by atomic mass is 16.2. The zero-order valence-corrected chi connectivity index (χ0v) is 16.5. The van der Waals surface area contributed by atoms with Crippen molar-refractivity contribution in [2.75, 3.05) is 20.1 Å². The molecule has 146 valence electrons. The Morgan fingerprint density at radius 2 is 1.79 bits per heavy atom. The lowest BCUT2D eigenvalue weighted by molar-refractivity contribution is -0.141. The highest BCUT2D eigenvalue weighted by Gasteiger charge is 2.34. The van der Waals surface area contributed by atoms with Crippen LogP contribution in [-0.2, 0) is 22.4 Å². The number of hydrogen-bond donors (Lipinski definition) is 0. The molecule has 1 fully saturated rings. The van der Waals surface area contributed by atoms with Gasteiger partial charge in [0.05, 0.1) is 18.4 Å². The van der Waals surface area contributed by atoms with Crippen LogP contribution in [0.15, 0.2) is 54.6 Å². The van der Waals surface area contributed by atoms with Gasteiger partial charge >= 0.3 is 0 Å². The van der Waals surface area contributed by atoms with E-state index in [0.29, 0.717) is 13.0 Å². The lowest BCUT2D eigenvalue weighted by Crippen LogP contribution is -2.46. The van der Waals surface area contributed by atoms with Gasteiger partial charge in [0.1, 0.15) is 0 Å². The summed E-state index contributed by atoms with van der Waals surface area (Å²) in [4.78, 5) is 29.8. The number of carbonyl (C=O) groups excluding carboxylic acids is 2. The minimum absolute atomic E-state index is 0.0914. The molecule has 4 nitrogen and oxygen atoms in total. The lowest BCUT2D eigenvalue weighted by Gasteiger charge is -2.36. The highest BCUT2D eigenvalue weighted by molar-refractivity contribution is 5.82. The normalized spacial score (nSPS) is 21.2. The average Bonchev–Trinajstić information content (AvgIpc) is 3.17. The van der Waals surface area contributed by atoms with Crippen LogP contribution in [0.4, 0.5) is 0 Å². The molecule has 1 aliphatic heterocycles. The molecule has 2 aliphatic rings. The Kier molecular flexibility index (Phi) is 5.47. The minimum atomic E-state index is -0.0914. The number of fused-ring (bicyclic) bond motifs is 1. The second kappa shape index (κ2) is 8.17. The fourth-order valence-corrected chi connectivity index (χ4v) is 4.67. The molecule has 4 rings (SSSR count). The van der Waals surface area contributed by atoms with Crippen molar-refractivity contribution < 1.29 is 9.59 Å². The van der Waals surface area contributed by atoms with Crippen LogP contribution in [0.2, 0.25) is 0 Å². The molecule has 2 aromatic rings. The molecule has 2 unspecified atom stereocenters. The van der Waals surface area contributed by atoms with E-state index >= 15 is 0 Å². The van der Waals surface area contributed by atoms with E-state index in [-0.39, 0.29) is 23.8 Å². The number of rotatable bonds is 4. The van der Waals surface area contributed by atoms with Gasteiger partial charge in [-0.1, -0.05) is 54.6 Å². The van der Waals surface area contributed by atoms with Crippen LogP contribution in [0.25, 0.3) is 0 Å². The fourth-order valence-electron chi connectivity index (χ4n) is 4.67. The molecular formula is C24H28N2O2. The monoisotopic (exact) mass is 376 g/mol. The van der Waals surface area contributed by atoms with Crippen LogP contribution in [0.5, 0.6) is 0 Å². The Morgan fingerprint density at radius 1 is 1.04 bits per heavy atom. The topological polar surface area (TPSA) is 40.6 Å². The molecule has 28 heavy (non-hydrogen) atoms. The van der Waals surface area contributed by atoms with E-state index in [0.717, 1.165) is 37.8 Å². The van der Waals surface area contributed by atoms with Gasteiger partial charge in [-0.3, -0.25) is 9.59 Å². The van der Waals surface area contributed by atoms with Gasteiger partial charge < -0.3 is 9.80 Å². The third kappa shape index (κ3) is 3.82. The Bertz CT molecular complexity index is 849. The molecule has 1 aliphatic carbocycles. The van der Waals surface area contributed by atoms with Crippen LogP contribution in [0.3, 0.4) is 0 Å². The maximum absolute atomic E-state index is 13.2. The summed E-state index contributed by atoms with van der Waals surface area (Å²) in [6.45, 7) is 1.30. The van der Waals surface area contributed by atoms with Crippen molar-refractivity contribution in [3.63, 3.8) is 0 Å². The minimum Gasteiger partial charge on any atom is -0.342 e. The number of piperidine rings is 1. The standard InChI is InChI=1S/C24H28N2O2/c1-25(22-14-13-19-10-5-6-12-21(19)22)24(28)20-11-7-15-26(17-20)23(27)16-18-8-3-2-4-9-18/h2-6,8-10,12,20,22H,7,11,13-17H2,1H3. The summed E-state index contributed by atoms with van der Waals surface area (Å²) in [6, 6.07) is 18.4. The van der Waals surface area contributed by atoms with Crippen molar-refractivity contribution in [1.29, 1.82) is 0 Å². The largest absolute Gasteiger partial charge is 0.342 e. The molecule has 4 heteroatoms. The summed E-state index contributed by atoms with van der Waals surface area (Å²) in [6.07, 6.45) is 4.20. The van der Waals surface area contributed by atoms with Gasteiger partial charge in [-0.15, -0.1) is 0 Å². The summed E-state index contributed by atoms with van der Waals surface area (Å²) in [5.41, 5.74) is 3.67. The average molecular weight is 377 g/mol. The van der Waals surface area contributed by atoms with Crippen molar-refractivity contribution >= 4 is 11.8 Å². The third-order valence-corrected chi connectivity index (χ3v) is 6.24. The Morgan fingerprint density at radius 3 is 2.61 bits per heavy atom. The van der Waals surface area contributed by atoms with Crippen LogP contribution >= 0.6 is 0 Å². The van der Waals surface area contributed by atoms with Crippen LogP contribution < -0.4 is 0 Å². The Hall–Kier alpha value is -2.62. The van der Waals surface area contributed by atoms with E-state index in [4.69, 9.17) is 0 Å². The predicted octanol–water partition coefficient (Wildman–Crippen LogP) is 3.61. The second-order valence-electron chi connectivity index (χ2n) is 8.04. The molecule has 2 atom stereocenters. The van der Waals surface area contributed by atoms with E-state index in [9.17, 15) is 9.59 Å². The third-order valence-electron chi connectivity index (χ3n) is 6.24. The fraction of sp³-hybridized carbons (Fsp3) is 0.417. The second-order valence-corrected chi connectivity index (χ2v) is 8.04. The van der Waals surface area contributed by atoms with Gasteiger partial charge in [0.25, 0.3) is 0 Å². The first-order valence-electron chi connectivity index (χ1n) is 10.3. The number of amides is 2. The molecule has 0 N–H and O–H groups in total. The lowest BCUT2D eigenvalue weighted by atomic mass is 9.95. The zero-order valence-electron chi connectivity index (χ0n) is 16.5. The molecule has 0 saturated carbocycles. The summed E-state index contributed by atoms with van der Waals surface area (Å²) < 4.78 is 0. The smallest absolute Gasteiger partial charge is 0.227 e. The summed E-state index contributed by atoms with van der Waals surface area (Å²) in [5.74, 6) is 0.211. The van der Waals surface area contributed by atoms with Crippen molar-refractivity contribution in [2.24, 2.45) is 5.92 Å². The molecule has 0 radical (unpaired) electrons. The highest BCUT2D eigenvalue weighted by Crippen LogP contribution is 2.36. The molecule has 0 aromatic heterocycles. The number of carbonyl (C=O) groups is 2.